The molecule has 1 aliphatic rings. The summed E-state index contributed by atoms with van der Waals surface area (Å²) in [5.74, 6) is 0. The first-order chi connectivity index (χ1) is 10.8. The van der Waals surface area contributed by atoms with Crippen molar-refractivity contribution in [1.82, 2.24) is 9.80 Å². The van der Waals surface area contributed by atoms with Crippen LogP contribution < -0.4 is 0 Å². The van der Waals surface area contributed by atoms with Gasteiger partial charge in [0.15, 0.2) is 6.08 Å². The van der Waals surface area contributed by atoms with E-state index in [4.69, 9.17) is 8.22 Å². The van der Waals surface area contributed by atoms with Gasteiger partial charge in [0.05, 0.1) is 4.11 Å². The second-order valence-corrected chi connectivity index (χ2v) is 4.98. The molecule has 0 saturated carbocycles. The third-order valence-corrected chi connectivity index (χ3v) is 2.33. The van der Waals surface area contributed by atoms with E-state index in [1.807, 2.05) is 0 Å². The highest BCUT2D eigenvalue weighted by Gasteiger charge is 2.40. The third-order valence-electron chi connectivity index (χ3n) is 2.33. The van der Waals surface area contributed by atoms with Crippen molar-refractivity contribution >= 4 is 6.09 Å². The lowest BCUT2D eigenvalue weighted by Crippen LogP contribution is -2.55. The summed E-state index contributed by atoms with van der Waals surface area (Å²) in [7, 11) is 0. The summed E-state index contributed by atoms with van der Waals surface area (Å²) in [5.41, 5.74) is -0.991. The van der Waals surface area contributed by atoms with Crippen LogP contribution in [0.25, 0.3) is 0 Å². The first-order valence-corrected chi connectivity index (χ1v) is 5.56. The van der Waals surface area contributed by atoms with Crippen molar-refractivity contribution in [3.63, 3.8) is 0 Å². The minimum absolute atomic E-state index is 0.0887. The Bertz CT molecular complexity index is 536. The molecule has 1 amide bonds. The van der Waals surface area contributed by atoms with Gasteiger partial charge in [-0.1, -0.05) is 0 Å². The Morgan fingerprint density at radius 3 is 2.42 bits per heavy atom. The Kier molecular flexibility index (Phi) is 2.65. The van der Waals surface area contributed by atoms with Crippen LogP contribution >= 0.6 is 0 Å². The summed E-state index contributed by atoms with van der Waals surface area (Å²) < 4.78 is 89.2. The first kappa shape index (κ1) is 9.05. The first-order valence-electron chi connectivity index (χ1n) is 8.63. The number of ether oxygens (including phenoxy) is 1. The zero-order valence-corrected chi connectivity index (χ0v) is 11.1. The number of piperazine rings is 1. The van der Waals surface area contributed by atoms with Gasteiger partial charge in [-0.2, -0.15) is 13.2 Å². The van der Waals surface area contributed by atoms with E-state index in [2.05, 4.69) is 4.74 Å². The Labute approximate surface area is 119 Å². The number of nitrogens with zero attached hydrogens (tertiary/aromatic N) is 2. The van der Waals surface area contributed by atoms with Gasteiger partial charge in [-0.05, 0) is 27.7 Å². The molecule has 112 valence electrons. The zero-order chi connectivity index (χ0) is 20.2. The second kappa shape index (κ2) is 5.56. The summed E-state index contributed by atoms with van der Waals surface area (Å²) in [5, 5.41) is 0. The SMILES string of the molecule is [2H]C1CN(C(=O)OC([2H])(C)C(F)(F)F)C([2H])([2H])C([2H])([2H])N1C(C)(C)C. The van der Waals surface area contributed by atoms with E-state index in [0.29, 0.717) is 0 Å². The van der Waals surface area contributed by atoms with Crippen LogP contribution in [0.1, 0.15) is 35.9 Å². The van der Waals surface area contributed by atoms with Crippen LogP contribution in [0, 0.1) is 0 Å². The molecule has 0 aromatic heterocycles. The van der Waals surface area contributed by atoms with Crippen molar-refractivity contribution < 1.29 is 30.9 Å². The van der Waals surface area contributed by atoms with Crippen molar-refractivity contribution in [2.45, 2.75) is 45.5 Å². The summed E-state index contributed by atoms with van der Waals surface area (Å²) in [6, 6.07) is 0. The van der Waals surface area contributed by atoms with E-state index in [1.165, 1.54) is 0 Å². The second-order valence-electron chi connectivity index (χ2n) is 4.98. The molecule has 2 unspecified atom stereocenters. The van der Waals surface area contributed by atoms with Crippen LogP contribution in [0.5, 0.6) is 0 Å². The third kappa shape index (κ3) is 4.56. The topological polar surface area (TPSA) is 32.8 Å². The molecule has 0 radical (unpaired) electrons. The summed E-state index contributed by atoms with van der Waals surface area (Å²) in [6.45, 7) is -3.24. The number of alkyl halides is 3. The Balaban J connectivity index is 3.22. The van der Waals surface area contributed by atoms with Crippen molar-refractivity contribution in [2.75, 3.05) is 26.1 Å². The predicted molar refractivity (Wildman–Crippen MR) is 64.9 cm³/mol. The monoisotopic (exact) mass is 288 g/mol. The Hall–Kier alpha value is -0.980. The zero-order valence-electron chi connectivity index (χ0n) is 17.1. The van der Waals surface area contributed by atoms with Gasteiger partial charge in [-0.15, -0.1) is 0 Å². The number of carbonyl (C=O) groups is 1. The molecule has 1 fully saturated rings. The summed E-state index contributed by atoms with van der Waals surface area (Å²) in [6.07, 6.45) is -10.7. The smallest absolute Gasteiger partial charge is 0.425 e. The fraction of sp³-hybridized carbons (Fsp3) is 0.917. The van der Waals surface area contributed by atoms with E-state index in [0.717, 1.165) is 4.90 Å². The molecule has 0 N–H and O–H groups in total. The predicted octanol–water partition coefficient (Wildman–Crippen LogP) is 2.49. The molecule has 0 aromatic rings. The molecule has 0 bridgehead atoms. The minimum Gasteiger partial charge on any atom is -0.437 e. The highest BCUT2D eigenvalue weighted by Crippen LogP contribution is 2.23. The average molecular weight is 288 g/mol. The number of rotatable bonds is 1. The van der Waals surface area contributed by atoms with Crippen LogP contribution in [-0.4, -0.2) is 59.7 Å². The molecular formula is C12H21F3N2O2. The van der Waals surface area contributed by atoms with Crippen LogP contribution in [0.15, 0.2) is 0 Å². The highest BCUT2D eigenvalue weighted by molar-refractivity contribution is 5.68. The fourth-order valence-electron chi connectivity index (χ4n) is 1.17. The molecule has 1 aliphatic heterocycles. The van der Waals surface area contributed by atoms with Gasteiger partial charge in [0.2, 0.25) is 0 Å². The van der Waals surface area contributed by atoms with E-state index >= 15 is 0 Å². The van der Waals surface area contributed by atoms with Gasteiger partial charge in [0.25, 0.3) is 0 Å². The average Bonchev–Trinajstić information content (AvgIpc) is 2.29. The molecule has 1 saturated heterocycles. The van der Waals surface area contributed by atoms with Crippen molar-refractivity contribution in [3.05, 3.63) is 0 Å². The van der Waals surface area contributed by atoms with Crippen LogP contribution in [0.2, 0.25) is 0 Å². The number of carbonyl (C=O) groups excluding carboxylic acids is 1. The van der Waals surface area contributed by atoms with E-state index in [1.54, 1.807) is 20.8 Å². The van der Waals surface area contributed by atoms with Crippen LogP contribution in [0.4, 0.5) is 18.0 Å². The number of hydrogen-bond donors (Lipinski definition) is 0. The van der Waals surface area contributed by atoms with E-state index in [-0.39, 0.29) is 11.8 Å². The lowest BCUT2D eigenvalue weighted by atomic mass is 10.1. The van der Waals surface area contributed by atoms with Crippen LogP contribution in [-0.2, 0) is 4.74 Å². The van der Waals surface area contributed by atoms with Crippen molar-refractivity contribution in [3.8, 4) is 0 Å². The minimum atomic E-state index is -5.22. The van der Waals surface area contributed by atoms with E-state index < -0.39 is 49.9 Å². The largest absolute Gasteiger partial charge is 0.437 e. The maximum Gasteiger partial charge on any atom is 0.425 e. The number of halogens is 3. The molecule has 0 aliphatic carbocycles. The van der Waals surface area contributed by atoms with Crippen molar-refractivity contribution in [2.24, 2.45) is 0 Å². The Morgan fingerprint density at radius 1 is 1.37 bits per heavy atom. The molecule has 19 heavy (non-hydrogen) atoms. The van der Waals surface area contributed by atoms with Gasteiger partial charge in [-0.25, -0.2) is 4.79 Å². The maximum atomic E-state index is 12.7. The maximum absolute atomic E-state index is 12.7. The normalized spacial score (nSPS) is 35.7. The molecule has 1 rings (SSSR count). The van der Waals surface area contributed by atoms with E-state index in [9.17, 15) is 18.0 Å². The standard InChI is InChI=1S/C12H21F3N2O2/c1-9(12(13,14)15)19-10(18)16-5-7-17(8-6-16)11(2,3)4/h9H,5-8H2,1-4H3/i5D2,7D2,8D,9D. The van der Waals surface area contributed by atoms with Crippen molar-refractivity contribution in [1.29, 1.82) is 0 Å². The number of amides is 1. The summed E-state index contributed by atoms with van der Waals surface area (Å²) in [4.78, 5) is 13.0. The number of hydrogen-bond acceptors (Lipinski definition) is 3. The highest BCUT2D eigenvalue weighted by atomic mass is 19.4. The van der Waals surface area contributed by atoms with Gasteiger partial charge in [0.1, 0.15) is 0 Å². The molecule has 0 spiro atoms. The van der Waals surface area contributed by atoms with Gasteiger partial charge in [0, 0.05) is 35.7 Å². The lowest BCUT2D eigenvalue weighted by molar-refractivity contribution is -0.200. The fourth-order valence-corrected chi connectivity index (χ4v) is 1.17. The van der Waals surface area contributed by atoms with Gasteiger partial charge < -0.3 is 9.64 Å². The van der Waals surface area contributed by atoms with Gasteiger partial charge >= 0.3 is 12.3 Å². The molecule has 7 heteroatoms. The quantitative estimate of drug-likeness (QED) is 0.743. The molecular weight excluding hydrogens is 261 g/mol. The molecule has 4 nitrogen and oxygen atoms in total. The summed E-state index contributed by atoms with van der Waals surface area (Å²) >= 11 is 0. The lowest BCUT2D eigenvalue weighted by Gasteiger charge is -2.42. The molecule has 0 aromatic carbocycles. The van der Waals surface area contributed by atoms with Crippen LogP contribution in [0.3, 0.4) is 0 Å². The van der Waals surface area contributed by atoms with Gasteiger partial charge in [-0.3, -0.25) is 4.90 Å². The molecule has 2 atom stereocenters. The molecule has 1 heterocycles. The Morgan fingerprint density at radius 2 is 1.95 bits per heavy atom.